The molecule has 0 aliphatic carbocycles. The van der Waals surface area contributed by atoms with E-state index in [9.17, 15) is 4.79 Å². The van der Waals surface area contributed by atoms with E-state index in [1.165, 1.54) is 0 Å². The summed E-state index contributed by atoms with van der Waals surface area (Å²) in [5.41, 5.74) is 4.05. The number of hydrogen-bond acceptors (Lipinski definition) is 6. The lowest BCUT2D eigenvalue weighted by Gasteiger charge is -2.16. The normalized spacial score (nSPS) is 10.3. The fourth-order valence-electron chi connectivity index (χ4n) is 2.92. The molecule has 0 saturated carbocycles. The predicted molar refractivity (Wildman–Crippen MR) is 115 cm³/mol. The molecule has 2 aromatic heterocycles. The first-order valence-electron chi connectivity index (χ1n) is 9.09. The third kappa shape index (κ3) is 4.57. The molecule has 29 heavy (non-hydrogen) atoms. The first kappa shape index (κ1) is 20.0. The number of aromatic nitrogens is 2. The fourth-order valence-corrected chi connectivity index (χ4v) is 2.92. The number of rotatable bonds is 6. The number of hydrogen-bond donors (Lipinski definition) is 3. The number of benzene rings is 1. The third-order valence-electron chi connectivity index (χ3n) is 4.41. The molecular weight excluding hydrogens is 366 g/mol. The maximum absolute atomic E-state index is 13.0. The van der Waals surface area contributed by atoms with Crippen LogP contribution in [0.2, 0.25) is 0 Å². The van der Waals surface area contributed by atoms with Crippen LogP contribution >= 0.6 is 0 Å². The van der Waals surface area contributed by atoms with Crippen LogP contribution in [0.25, 0.3) is 0 Å². The highest BCUT2D eigenvalue weighted by atomic mass is 16.5. The Bertz CT molecular complexity index is 1060. The number of nitrogens with one attached hydrogen (secondary N) is 3. The molecule has 0 radical (unpaired) electrons. The van der Waals surface area contributed by atoms with Crippen LogP contribution in [0, 0.1) is 19.3 Å². The van der Waals surface area contributed by atoms with E-state index >= 15 is 0 Å². The van der Waals surface area contributed by atoms with Gasteiger partial charge >= 0.3 is 0 Å². The van der Waals surface area contributed by atoms with Crippen molar-refractivity contribution in [1.29, 1.82) is 5.41 Å². The van der Waals surface area contributed by atoms with Crippen LogP contribution in [-0.4, -0.2) is 28.7 Å². The monoisotopic (exact) mass is 389 g/mol. The lowest BCUT2D eigenvalue weighted by molar-refractivity contribution is 0.102. The molecule has 0 spiro atoms. The number of aryl methyl sites for hydroxylation is 2. The molecule has 0 saturated heterocycles. The summed E-state index contributed by atoms with van der Waals surface area (Å²) in [7, 11) is 1.61. The standard InChI is InChI=1S/C22H23N5O2/c1-13-9-10-24-12-19(13)27-22(28)18-11-14(2)25-21(20(18)15(3)23)26-16-5-7-17(29-4)8-6-16/h5-12,23H,1-4H3,(H,25,26)(H,27,28). The average Bonchev–Trinajstić information content (AvgIpc) is 2.69. The summed E-state index contributed by atoms with van der Waals surface area (Å²) in [6.45, 7) is 5.35. The van der Waals surface area contributed by atoms with Crippen LogP contribution in [0.3, 0.4) is 0 Å². The Morgan fingerprint density at radius 1 is 1.14 bits per heavy atom. The van der Waals surface area contributed by atoms with Crippen molar-refractivity contribution in [3.8, 4) is 5.75 Å². The Hall–Kier alpha value is -3.74. The van der Waals surface area contributed by atoms with Crippen molar-refractivity contribution in [3.63, 3.8) is 0 Å². The first-order chi connectivity index (χ1) is 13.9. The van der Waals surface area contributed by atoms with Crippen molar-refractivity contribution in [2.75, 3.05) is 17.7 Å². The molecule has 7 heteroatoms. The van der Waals surface area contributed by atoms with Crippen molar-refractivity contribution in [1.82, 2.24) is 9.97 Å². The smallest absolute Gasteiger partial charge is 0.256 e. The van der Waals surface area contributed by atoms with Gasteiger partial charge in [-0.3, -0.25) is 9.78 Å². The zero-order valence-corrected chi connectivity index (χ0v) is 16.8. The van der Waals surface area contributed by atoms with Crippen molar-refractivity contribution >= 4 is 28.8 Å². The van der Waals surface area contributed by atoms with Gasteiger partial charge in [-0.1, -0.05) is 0 Å². The van der Waals surface area contributed by atoms with Gasteiger partial charge in [0.1, 0.15) is 11.6 Å². The summed E-state index contributed by atoms with van der Waals surface area (Å²) in [5, 5.41) is 14.3. The zero-order chi connectivity index (χ0) is 21.0. The zero-order valence-electron chi connectivity index (χ0n) is 16.8. The van der Waals surface area contributed by atoms with Gasteiger partial charge in [-0.15, -0.1) is 0 Å². The van der Waals surface area contributed by atoms with Gasteiger partial charge in [0.2, 0.25) is 0 Å². The molecule has 1 amide bonds. The van der Waals surface area contributed by atoms with Crippen molar-refractivity contribution in [3.05, 3.63) is 71.2 Å². The molecule has 3 N–H and O–H groups in total. The summed E-state index contributed by atoms with van der Waals surface area (Å²) < 4.78 is 5.18. The van der Waals surface area contributed by atoms with Gasteiger partial charge in [-0.05, 0) is 62.7 Å². The second kappa shape index (κ2) is 8.52. The largest absolute Gasteiger partial charge is 0.497 e. The summed E-state index contributed by atoms with van der Waals surface area (Å²) in [4.78, 5) is 21.6. The fraction of sp³-hybridized carbons (Fsp3) is 0.182. The number of carbonyl (C=O) groups is 1. The summed E-state index contributed by atoms with van der Waals surface area (Å²) in [5.74, 6) is 0.879. The minimum Gasteiger partial charge on any atom is -0.497 e. The van der Waals surface area contributed by atoms with Crippen LogP contribution in [0.5, 0.6) is 5.75 Å². The Morgan fingerprint density at radius 2 is 1.86 bits per heavy atom. The van der Waals surface area contributed by atoms with E-state index < -0.39 is 0 Å². The van der Waals surface area contributed by atoms with E-state index in [2.05, 4.69) is 20.6 Å². The molecule has 148 valence electrons. The van der Waals surface area contributed by atoms with Crippen LogP contribution in [0.4, 0.5) is 17.2 Å². The summed E-state index contributed by atoms with van der Waals surface area (Å²) >= 11 is 0. The molecule has 3 aromatic rings. The van der Waals surface area contributed by atoms with Crippen LogP contribution in [0.1, 0.15) is 34.1 Å². The SMILES string of the molecule is COc1ccc(Nc2nc(C)cc(C(=O)Nc3cnccc3C)c2C(C)=N)cc1. The third-order valence-corrected chi connectivity index (χ3v) is 4.41. The lowest BCUT2D eigenvalue weighted by atomic mass is 10.0. The Morgan fingerprint density at radius 3 is 2.48 bits per heavy atom. The Balaban J connectivity index is 1.99. The molecule has 0 bridgehead atoms. The van der Waals surface area contributed by atoms with Gasteiger partial charge in [0.25, 0.3) is 5.91 Å². The second-order valence-corrected chi connectivity index (χ2v) is 6.66. The van der Waals surface area contributed by atoms with E-state index in [4.69, 9.17) is 10.1 Å². The van der Waals surface area contributed by atoms with E-state index in [1.807, 2.05) is 44.2 Å². The quantitative estimate of drug-likeness (QED) is 0.540. The summed E-state index contributed by atoms with van der Waals surface area (Å²) in [6.07, 6.45) is 3.28. The van der Waals surface area contributed by atoms with Crippen LogP contribution < -0.4 is 15.4 Å². The number of methoxy groups -OCH3 is 1. The molecule has 0 unspecified atom stereocenters. The molecule has 0 aliphatic heterocycles. The first-order valence-corrected chi connectivity index (χ1v) is 9.09. The van der Waals surface area contributed by atoms with Crippen molar-refractivity contribution in [2.45, 2.75) is 20.8 Å². The number of ether oxygens (including phenoxy) is 1. The van der Waals surface area contributed by atoms with E-state index in [1.54, 1.807) is 32.5 Å². The minimum atomic E-state index is -0.314. The highest BCUT2D eigenvalue weighted by Crippen LogP contribution is 2.26. The molecule has 0 fully saturated rings. The molecular formula is C22H23N5O2. The van der Waals surface area contributed by atoms with Gasteiger partial charge < -0.3 is 20.8 Å². The van der Waals surface area contributed by atoms with E-state index in [-0.39, 0.29) is 11.6 Å². The Kier molecular flexibility index (Phi) is 5.87. The van der Waals surface area contributed by atoms with Gasteiger partial charge in [-0.2, -0.15) is 0 Å². The number of pyridine rings is 2. The molecule has 0 atom stereocenters. The maximum Gasteiger partial charge on any atom is 0.256 e. The highest BCUT2D eigenvalue weighted by molar-refractivity contribution is 6.15. The minimum absolute atomic E-state index is 0.238. The maximum atomic E-state index is 13.0. The molecule has 0 aliphatic rings. The average molecular weight is 389 g/mol. The Labute approximate surface area is 169 Å². The lowest BCUT2D eigenvalue weighted by Crippen LogP contribution is -2.19. The van der Waals surface area contributed by atoms with Crippen molar-refractivity contribution in [2.24, 2.45) is 0 Å². The van der Waals surface area contributed by atoms with Gasteiger partial charge in [-0.25, -0.2) is 4.98 Å². The summed E-state index contributed by atoms with van der Waals surface area (Å²) in [6, 6.07) is 10.9. The number of anilines is 3. The molecule has 1 aromatic carbocycles. The molecule has 2 heterocycles. The number of nitrogens with zero attached hydrogens (tertiary/aromatic N) is 2. The number of amides is 1. The van der Waals surface area contributed by atoms with Gasteiger partial charge in [0.15, 0.2) is 0 Å². The van der Waals surface area contributed by atoms with Gasteiger partial charge in [0, 0.05) is 23.3 Å². The highest BCUT2D eigenvalue weighted by Gasteiger charge is 2.20. The van der Waals surface area contributed by atoms with Crippen LogP contribution in [0.15, 0.2) is 48.8 Å². The van der Waals surface area contributed by atoms with Crippen LogP contribution in [-0.2, 0) is 0 Å². The van der Waals surface area contributed by atoms with E-state index in [0.717, 1.165) is 17.0 Å². The van der Waals surface area contributed by atoms with Crippen molar-refractivity contribution < 1.29 is 9.53 Å². The second-order valence-electron chi connectivity index (χ2n) is 6.66. The molecule has 3 rings (SSSR count). The van der Waals surface area contributed by atoms with Gasteiger partial charge in [0.05, 0.1) is 30.1 Å². The molecule has 7 nitrogen and oxygen atoms in total. The predicted octanol–water partition coefficient (Wildman–Crippen LogP) is 4.49. The van der Waals surface area contributed by atoms with E-state index in [0.29, 0.717) is 28.3 Å². The number of carbonyl (C=O) groups excluding carboxylic acids is 1. The topological polar surface area (TPSA) is 100.0 Å².